The number of hydrogen-bond acceptors (Lipinski definition) is 5. The van der Waals surface area contributed by atoms with Gasteiger partial charge in [-0.1, -0.05) is 19.9 Å². The molecule has 0 bridgehead atoms. The molecule has 0 fully saturated rings. The van der Waals surface area contributed by atoms with Gasteiger partial charge in [0, 0.05) is 6.54 Å². The number of aromatic nitrogens is 2. The maximum Gasteiger partial charge on any atom is 0.438 e. The van der Waals surface area contributed by atoms with Crippen LogP contribution in [-0.2, 0) is 6.54 Å². The van der Waals surface area contributed by atoms with E-state index < -0.39 is 11.4 Å². The zero-order valence-corrected chi connectivity index (χ0v) is 11.1. The van der Waals surface area contributed by atoms with Gasteiger partial charge in [0.25, 0.3) is 0 Å². The molecule has 5 nitrogen and oxygen atoms in total. The molecular formula is C12H14N2O3S. The molecule has 0 saturated heterocycles. The molecule has 6 heteroatoms. The summed E-state index contributed by atoms with van der Waals surface area (Å²) in [5, 5.41) is 5.94. The third kappa shape index (κ3) is 2.76. The number of hydrogen-bond donors (Lipinski definition) is 0. The van der Waals surface area contributed by atoms with Crippen LogP contribution >= 0.6 is 11.3 Å². The minimum absolute atomic E-state index is 0.202. The second-order valence-corrected chi connectivity index (χ2v) is 5.33. The van der Waals surface area contributed by atoms with Gasteiger partial charge in [-0.05, 0) is 23.8 Å². The number of nitrogens with zero attached hydrogens (tertiary/aromatic N) is 2. The zero-order chi connectivity index (χ0) is 13.1. The van der Waals surface area contributed by atoms with Crippen molar-refractivity contribution in [1.29, 1.82) is 0 Å². The van der Waals surface area contributed by atoms with Gasteiger partial charge in [0.05, 0.1) is 4.88 Å². The fraction of sp³-hybridized carbons (Fsp3) is 0.417. The van der Waals surface area contributed by atoms with Crippen LogP contribution in [0.5, 0.6) is 0 Å². The Morgan fingerprint density at radius 3 is 2.83 bits per heavy atom. The molecule has 2 aromatic rings. The highest BCUT2D eigenvalue weighted by Crippen LogP contribution is 2.18. The summed E-state index contributed by atoms with van der Waals surface area (Å²) in [5.74, 6) is -0.239. The van der Waals surface area contributed by atoms with E-state index >= 15 is 0 Å². The van der Waals surface area contributed by atoms with Crippen molar-refractivity contribution >= 4 is 11.3 Å². The average molecular weight is 266 g/mol. The van der Waals surface area contributed by atoms with E-state index in [1.54, 1.807) is 6.07 Å². The largest absolute Gasteiger partial charge is 0.438 e. The van der Waals surface area contributed by atoms with Gasteiger partial charge in [-0.25, -0.2) is 9.59 Å². The molecule has 96 valence electrons. The van der Waals surface area contributed by atoms with E-state index in [0.29, 0.717) is 17.3 Å². The SMILES string of the molecule is CC(C)CCn1nc(-c2cccs2)c(=O)oc1=O. The van der Waals surface area contributed by atoms with E-state index in [9.17, 15) is 9.59 Å². The molecule has 2 aromatic heterocycles. The van der Waals surface area contributed by atoms with Crippen LogP contribution in [0.25, 0.3) is 10.6 Å². The zero-order valence-electron chi connectivity index (χ0n) is 10.3. The van der Waals surface area contributed by atoms with Crippen LogP contribution in [-0.4, -0.2) is 9.78 Å². The molecule has 0 unspecified atom stereocenters. The van der Waals surface area contributed by atoms with Gasteiger partial charge in [0.2, 0.25) is 0 Å². The smallest absolute Gasteiger partial charge is 0.370 e. The first-order valence-electron chi connectivity index (χ1n) is 5.74. The monoisotopic (exact) mass is 266 g/mol. The highest BCUT2D eigenvalue weighted by atomic mass is 32.1. The van der Waals surface area contributed by atoms with Crippen molar-refractivity contribution in [1.82, 2.24) is 9.78 Å². The Morgan fingerprint density at radius 2 is 2.22 bits per heavy atom. The first-order valence-corrected chi connectivity index (χ1v) is 6.62. The van der Waals surface area contributed by atoms with Gasteiger partial charge < -0.3 is 4.42 Å². The lowest BCUT2D eigenvalue weighted by molar-refractivity contribution is 0.353. The molecule has 0 N–H and O–H groups in total. The summed E-state index contributed by atoms with van der Waals surface area (Å²) in [6.07, 6.45) is 0.810. The third-order valence-corrected chi connectivity index (χ3v) is 3.35. The highest BCUT2D eigenvalue weighted by Gasteiger charge is 2.12. The first-order chi connectivity index (χ1) is 8.58. The van der Waals surface area contributed by atoms with Gasteiger partial charge in [-0.15, -0.1) is 11.3 Å². The molecule has 2 rings (SSSR count). The van der Waals surface area contributed by atoms with Crippen molar-refractivity contribution in [3.8, 4) is 10.6 Å². The van der Waals surface area contributed by atoms with E-state index in [-0.39, 0.29) is 5.69 Å². The van der Waals surface area contributed by atoms with Crippen LogP contribution in [0.4, 0.5) is 0 Å². The quantitative estimate of drug-likeness (QED) is 0.848. The third-order valence-electron chi connectivity index (χ3n) is 2.48. The Morgan fingerprint density at radius 1 is 1.44 bits per heavy atom. The molecule has 0 atom stereocenters. The number of rotatable bonds is 4. The Hall–Kier alpha value is -1.69. The van der Waals surface area contributed by atoms with E-state index in [0.717, 1.165) is 6.42 Å². The van der Waals surface area contributed by atoms with Crippen molar-refractivity contribution in [2.45, 2.75) is 26.8 Å². The van der Waals surface area contributed by atoms with Crippen molar-refractivity contribution in [2.75, 3.05) is 0 Å². The number of aryl methyl sites for hydroxylation is 1. The molecular weight excluding hydrogens is 252 g/mol. The molecule has 0 amide bonds. The summed E-state index contributed by atoms with van der Waals surface area (Å²) in [4.78, 5) is 23.8. The lowest BCUT2D eigenvalue weighted by atomic mass is 10.1. The van der Waals surface area contributed by atoms with Crippen molar-refractivity contribution in [3.63, 3.8) is 0 Å². The predicted octanol–water partition coefficient (Wildman–Crippen LogP) is 1.97. The Bertz CT molecular complexity index is 626. The molecule has 2 heterocycles. The Balaban J connectivity index is 2.40. The van der Waals surface area contributed by atoms with Crippen LogP contribution < -0.4 is 11.4 Å². The second kappa shape index (κ2) is 5.30. The fourth-order valence-corrected chi connectivity index (χ4v) is 2.16. The lowest BCUT2D eigenvalue weighted by Gasteiger charge is -2.06. The van der Waals surface area contributed by atoms with Crippen LogP contribution in [0.15, 0.2) is 31.5 Å². The molecule has 0 aromatic carbocycles. The maximum absolute atomic E-state index is 11.6. The minimum Gasteiger partial charge on any atom is -0.370 e. The Labute approximate surface area is 108 Å². The average Bonchev–Trinajstić information content (AvgIpc) is 2.81. The highest BCUT2D eigenvalue weighted by molar-refractivity contribution is 7.13. The topological polar surface area (TPSA) is 65.1 Å². The van der Waals surface area contributed by atoms with Gasteiger partial charge in [0.15, 0.2) is 5.69 Å². The molecule has 0 aliphatic heterocycles. The van der Waals surface area contributed by atoms with E-state index in [2.05, 4.69) is 18.9 Å². The maximum atomic E-state index is 11.6. The van der Waals surface area contributed by atoms with E-state index in [4.69, 9.17) is 4.42 Å². The molecule has 0 radical (unpaired) electrons. The second-order valence-electron chi connectivity index (χ2n) is 4.39. The molecule has 0 aliphatic carbocycles. The van der Waals surface area contributed by atoms with Crippen LogP contribution in [0, 0.1) is 5.92 Å². The van der Waals surface area contributed by atoms with Crippen molar-refractivity contribution in [3.05, 3.63) is 38.5 Å². The molecule has 0 spiro atoms. The summed E-state index contributed by atoms with van der Waals surface area (Å²) in [7, 11) is 0. The van der Waals surface area contributed by atoms with E-state index in [1.165, 1.54) is 16.0 Å². The standard InChI is InChI=1S/C12H14N2O3S/c1-8(2)5-6-14-12(16)17-11(15)10(13-14)9-4-3-7-18-9/h3-4,7-8H,5-6H2,1-2H3. The summed E-state index contributed by atoms with van der Waals surface area (Å²) in [5.41, 5.74) is -0.475. The summed E-state index contributed by atoms with van der Waals surface area (Å²) in [6.45, 7) is 4.58. The first kappa shape index (κ1) is 12.8. The minimum atomic E-state index is -0.694. The van der Waals surface area contributed by atoms with Gasteiger partial charge in [-0.3, -0.25) is 0 Å². The van der Waals surface area contributed by atoms with Gasteiger partial charge >= 0.3 is 11.4 Å². The summed E-state index contributed by atoms with van der Waals surface area (Å²) in [6, 6.07) is 3.60. The predicted molar refractivity (Wildman–Crippen MR) is 69.8 cm³/mol. The van der Waals surface area contributed by atoms with Gasteiger partial charge in [-0.2, -0.15) is 9.78 Å². The van der Waals surface area contributed by atoms with Crippen LogP contribution in [0.3, 0.4) is 0 Å². The van der Waals surface area contributed by atoms with Gasteiger partial charge in [0.1, 0.15) is 0 Å². The lowest BCUT2D eigenvalue weighted by Crippen LogP contribution is -2.28. The normalized spacial score (nSPS) is 11.1. The Kier molecular flexibility index (Phi) is 3.76. The van der Waals surface area contributed by atoms with Crippen molar-refractivity contribution < 1.29 is 4.42 Å². The summed E-state index contributed by atoms with van der Waals surface area (Å²) >= 11 is 1.39. The summed E-state index contributed by atoms with van der Waals surface area (Å²) < 4.78 is 5.91. The molecule has 0 saturated carbocycles. The number of thiophene rings is 1. The molecule has 18 heavy (non-hydrogen) atoms. The van der Waals surface area contributed by atoms with Crippen LogP contribution in [0.2, 0.25) is 0 Å². The fourth-order valence-electron chi connectivity index (χ4n) is 1.47. The molecule has 0 aliphatic rings. The van der Waals surface area contributed by atoms with Crippen molar-refractivity contribution in [2.24, 2.45) is 5.92 Å². The van der Waals surface area contributed by atoms with Crippen LogP contribution in [0.1, 0.15) is 20.3 Å². The van der Waals surface area contributed by atoms with E-state index in [1.807, 2.05) is 11.4 Å².